The van der Waals surface area contributed by atoms with E-state index >= 15 is 0 Å². The Morgan fingerprint density at radius 3 is 2.64 bits per heavy atom. The highest BCUT2D eigenvalue weighted by atomic mass is 32.1. The maximum absolute atomic E-state index is 12.3. The fourth-order valence-electron chi connectivity index (χ4n) is 2.24. The smallest absolute Gasteiger partial charge is 0.263 e. The van der Waals surface area contributed by atoms with Crippen LogP contribution in [0.3, 0.4) is 0 Å². The molecule has 0 atom stereocenters. The monoisotopic (exact) mass is 318 g/mol. The van der Waals surface area contributed by atoms with Crippen molar-refractivity contribution in [3.8, 4) is 0 Å². The Labute approximate surface area is 135 Å². The molecule has 1 aromatic heterocycles. The first kappa shape index (κ1) is 16.6. The van der Waals surface area contributed by atoms with Gasteiger partial charge in [-0.25, -0.2) is 4.98 Å². The van der Waals surface area contributed by atoms with Crippen LogP contribution in [0.2, 0.25) is 0 Å². The van der Waals surface area contributed by atoms with Gasteiger partial charge < -0.3 is 10.4 Å². The number of rotatable bonds is 6. The average molecular weight is 318 g/mol. The second kappa shape index (κ2) is 7.51. The van der Waals surface area contributed by atoms with Crippen LogP contribution < -0.4 is 5.32 Å². The van der Waals surface area contributed by atoms with Gasteiger partial charge in [0.15, 0.2) is 0 Å². The SMILES string of the molecule is Cc1nc(CC(C)C)sc1C(=O)NCc1ccccc1CO. The maximum Gasteiger partial charge on any atom is 0.263 e. The van der Waals surface area contributed by atoms with Gasteiger partial charge in [0.1, 0.15) is 4.88 Å². The predicted octanol–water partition coefficient (Wildman–Crippen LogP) is 3.07. The summed E-state index contributed by atoms with van der Waals surface area (Å²) in [6, 6.07) is 7.55. The van der Waals surface area contributed by atoms with Crippen molar-refractivity contribution in [1.82, 2.24) is 10.3 Å². The number of aliphatic hydroxyl groups excluding tert-OH is 1. The van der Waals surface area contributed by atoms with Crippen molar-refractivity contribution >= 4 is 17.2 Å². The number of nitrogens with one attached hydrogen (secondary N) is 1. The molecule has 2 aromatic rings. The highest BCUT2D eigenvalue weighted by molar-refractivity contribution is 7.13. The summed E-state index contributed by atoms with van der Waals surface area (Å²) in [5.41, 5.74) is 2.56. The third-order valence-corrected chi connectivity index (χ3v) is 4.54. The summed E-state index contributed by atoms with van der Waals surface area (Å²) < 4.78 is 0. The lowest BCUT2D eigenvalue weighted by Gasteiger charge is -2.08. The summed E-state index contributed by atoms with van der Waals surface area (Å²) in [4.78, 5) is 17.5. The maximum atomic E-state index is 12.3. The Hall–Kier alpha value is -1.72. The molecule has 0 unspecified atom stereocenters. The molecule has 4 nitrogen and oxygen atoms in total. The lowest BCUT2D eigenvalue weighted by molar-refractivity contribution is 0.0954. The van der Waals surface area contributed by atoms with E-state index in [4.69, 9.17) is 0 Å². The zero-order valence-electron chi connectivity index (χ0n) is 13.2. The zero-order chi connectivity index (χ0) is 16.1. The molecule has 0 saturated heterocycles. The van der Waals surface area contributed by atoms with E-state index in [1.165, 1.54) is 11.3 Å². The van der Waals surface area contributed by atoms with E-state index in [2.05, 4.69) is 24.1 Å². The van der Waals surface area contributed by atoms with E-state index in [-0.39, 0.29) is 12.5 Å². The van der Waals surface area contributed by atoms with Gasteiger partial charge in [-0.15, -0.1) is 11.3 Å². The van der Waals surface area contributed by atoms with Gasteiger partial charge in [0.05, 0.1) is 17.3 Å². The van der Waals surface area contributed by atoms with E-state index < -0.39 is 0 Å². The number of aliphatic hydroxyl groups is 1. The van der Waals surface area contributed by atoms with E-state index in [1.54, 1.807) is 0 Å². The molecule has 0 aliphatic rings. The quantitative estimate of drug-likeness (QED) is 0.860. The molecule has 1 heterocycles. The molecule has 2 rings (SSSR count). The number of thiazole rings is 1. The second-order valence-corrected chi connectivity index (χ2v) is 6.81. The topological polar surface area (TPSA) is 62.2 Å². The number of amides is 1. The number of carbonyl (C=O) groups is 1. The molecular weight excluding hydrogens is 296 g/mol. The summed E-state index contributed by atoms with van der Waals surface area (Å²) in [6.07, 6.45) is 0.895. The van der Waals surface area contributed by atoms with Crippen molar-refractivity contribution in [3.63, 3.8) is 0 Å². The molecule has 5 heteroatoms. The Morgan fingerprint density at radius 2 is 2.00 bits per heavy atom. The normalized spacial score (nSPS) is 11.0. The molecule has 2 N–H and O–H groups in total. The van der Waals surface area contributed by atoms with Crippen LogP contribution in [0.4, 0.5) is 0 Å². The van der Waals surface area contributed by atoms with Crippen LogP contribution in [0.5, 0.6) is 0 Å². The van der Waals surface area contributed by atoms with Gasteiger partial charge in [-0.05, 0) is 24.0 Å². The third-order valence-electron chi connectivity index (χ3n) is 3.36. The van der Waals surface area contributed by atoms with Crippen LogP contribution in [-0.2, 0) is 19.6 Å². The van der Waals surface area contributed by atoms with Crippen LogP contribution in [0.25, 0.3) is 0 Å². The summed E-state index contributed by atoms with van der Waals surface area (Å²) in [5.74, 6) is 0.427. The molecular formula is C17H22N2O2S. The highest BCUT2D eigenvalue weighted by Crippen LogP contribution is 2.21. The second-order valence-electron chi connectivity index (χ2n) is 5.73. The van der Waals surface area contributed by atoms with Gasteiger partial charge in [-0.3, -0.25) is 4.79 Å². The van der Waals surface area contributed by atoms with Gasteiger partial charge in [-0.2, -0.15) is 0 Å². The Balaban J connectivity index is 2.05. The zero-order valence-corrected chi connectivity index (χ0v) is 14.0. The largest absolute Gasteiger partial charge is 0.392 e. The first-order chi connectivity index (χ1) is 10.5. The van der Waals surface area contributed by atoms with Gasteiger partial charge in [-0.1, -0.05) is 38.1 Å². The molecule has 0 bridgehead atoms. The van der Waals surface area contributed by atoms with Crippen molar-refractivity contribution < 1.29 is 9.90 Å². The average Bonchev–Trinajstić information content (AvgIpc) is 2.84. The summed E-state index contributed by atoms with van der Waals surface area (Å²) >= 11 is 1.47. The van der Waals surface area contributed by atoms with Gasteiger partial charge in [0, 0.05) is 13.0 Å². The van der Waals surface area contributed by atoms with Crippen LogP contribution in [0, 0.1) is 12.8 Å². The highest BCUT2D eigenvalue weighted by Gasteiger charge is 2.16. The van der Waals surface area contributed by atoms with E-state index in [1.807, 2.05) is 31.2 Å². The number of carbonyl (C=O) groups excluding carboxylic acids is 1. The fourth-order valence-corrected chi connectivity index (χ4v) is 3.43. The predicted molar refractivity (Wildman–Crippen MR) is 88.9 cm³/mol. The first-order valence-corrected chi connectivity index (χ1v) is 8.25. The molecule has 0 radical (unpaired) electrons. The van der Waals surface area contributed by atoms with Gasteiger partial charge in [0.25, 0.3) is 5.91 Å². The van der Waals surface area contributed by atoms with Crippen molar-refractivity contribution in [2.75, 3.05) is 0 Å². The molecule has 0 spiro atoms. The van der Waals surface area contributed by atoms with E-state index in [0.717, 1.165) is 28.2 Å². The minimum Gasteiger partial charge on any atom is -0.392 e. The number of hydrogen-bond donors (Lipinski definition) is 2. The van der Waals surface area contributed by atoms with Crippen LogP contribution in [-0.4, -0.2) is 16.0 Å². The number of aryl methyl sites for hydroxylation is 1. The Morgan fingerprint density at radius 1 is 1.32 bits per heavy atom. The fraction of sp³-hybridized carbons (Fsp3) is 0.412. The van der Waals surface area contributed by atoms with Gasteiger partial charge >= 0.3 is 0 Å². The van der Waals surface area contributed by atoms with Crippen LogP contribution in [0.15, 0.2) is 24.3 Å². The Bertz CT molecular complexity index is 650. The first-order valence-electron chi connectivity index (χ1n) is 7.43. The van der Waals surface area contributed by atoms with Crippen LogP contribution >= 0.6 is 11.3 Å². The Kier molecular flexibility index (Phi) is 5.69. The summed E-state index contributed by atoms with van der Waals surface area (Å²) in [6.45, 7) is 6.54. The molecule has 0 saturated carbocycles. The summed E-state index contributed by atoms with van der Waals surface area (Å²) in [5, 5.41) is 13.2. The number of hydrogen-bond acceptors (Lipinski definition) is 4. The molecule has 0 fully saturated rings. The molecule has 0 aliphatic heterocycles. The van der Waals surface area contributed by atoms with Crippen molar-refractivity contribution in [2.45, 2.75) is 40.3 Å². The van der Waals surface area contributed by atoms with Crippen molar-refractivity contribution in [2.24, 2.45) is 5.92 Å². The lowest BCUT2D eigenvalue weighted by Crippen LogP contribution is -2.23. The minimum atomic E-state index is -0.0993. The summed E-state index contributed by atoms with van der Waals surface area (Å²) in [7, 11) is 0. The third kappa shape index (κ3) is 4.15. The lowest BCUT2D eigenvalue weighted by atomic mass is 10.1. The van der Waals surface area contributed by atoms with Crippen molar-refractivity contribution in [1.29, 1.82) is 0 Å². The minimum absolute atomic E-state index is 0.0236. The van der Waals surface area contributed by atoms with Gasteiger partial charge in [0.2, 0.25) is 0 Å². The van der Waals surface area contributed by atoms with Crippen LogP contribution in [0.1, 0.15) is 45.3 Å². The molecule has 1 aromatic carbocycles. The molecule has 0 aliphatic carbocycles. The van der Waals surface area contributed by atoms with Crippen molar-refractivity contribution in [3.05, 3.63) is 51.0 Å². The number of nitrogens with zero attached hydrogens (tertiary/aromatic N) is 1. The van der Waals surface area contributed by atoms with E-state index in [0.29, 0.717) is 17.3 Å². The molecule has 118 valence electrons. The molecule has 1 amide bonds. The molecule has 22 heavy (non-hydrogen) atoms. The number of benzene rings is 1. The number of aromatic nitrogens is 1. The standard InChI is InChI=1S/C17H22N2O2S/c1-11(2)8-15-19-12(3)16(22-15)17(21)18-9-13-6-4-5-7-14(13)10-20/h4-7,11,20H,8-10H2,1-3H3,(H,18,21). The van der Waals surface area contributed by atoms with E-state index in [9.17, 15) is 9.90 Å².